The number of aliphatic carboxylic acids is 1. The smallest absolute Gasteiger partial charge is 0.317 e. The maximum atomic E-state index is 10.9. The molecule has 0 aromatic carbocycles. The summed E-state index contributed by atoms with van der Waals surface area (Å²) < 4.78 is 5.29. The van der Waals surface area contributed by atoms with Crippen molar-refractivity contribution in [3.8, 4) is 0 Å². The molecule has 0 unspecified atom stereocenters. The standard InChI is InChI=1S/C15H22N2O3/c18-15(19)10-17(9-11-3-4-11)13-6-12(7-13)16-8-14-2-1-5-20-14/h1-2,5,11-13,16H,3-4,6-10H2,(H,18,19). The summed E-state index contributed by atoms with van der Waals surface area (Å²) >= 11 is 0. The first-order valence-corrected chi connectivity index (χ1v) is 7.42. The molecule has 2 aliphatic rings. The van der Waals surface area contributed by atoms with E-state index in [2.05, 4.69) is 10.2 Å². The van der Waals surface area contributed by atoms with E-state index in [4.69, 9.17) is 9.52 Å². The summed E-state index contributed by atoms with van der Waals surface area (Å²) in [5.74, 6) is 0.982. The minimum absolute atomic E-state index is 0.187. The molecular weight excluding hydrogens is 256 g/mol. The van der Waals surface area contributed by atoms with Crippen LogP contribution in [0.3, 0.4) is 0 Å². The summed E-state index contributed by atoms with van der Waals surface area (Å²) in [4.78, 5) is 13.1. The van der Waals surface area contributed by atoms with E-state index in [-0.39, 0.29) is 6.54 Å². The van der Waals surface area contributed by atoms with Gasteiger partial charge in [-0.15, -0.1) is 0 Å². The number of carboxylic acid groups (broad SMARTS) is 1. The number of rotatable bonds is 8. The van der Waals surface area contributed by atoms with Crippen molar-refractivity contribution in [2.75, 3.05) is 13.1 Å². The van der Waals surface area contributed by atoms with Crippen molar-refractivity contribution in [1.29, 1.82) is 0 Å². The molecule has 0 aliphatic heterocycles. The van der Waals surface area contributed by atoms with Gasteiger partial charge in [-0.3, -0.25) is 9.69 Å². The Morgan fingerprint density at radius 2 is 2.25 bits per heavy atom. The third kappa shape index (κ3) is 3.61. The van der Waals surface area contributed by atoms with Gasteiger partial charge in [-0.25, -0.2) is 0 Å². The van der Waals surface area contributed by atoms with E-state index < -0.39 is 5.97 Å². The van der Waals surface area contributed by atoms with Gasteiger partial charge in [0, 0.05) is 18.6 Å². The molecule has 0 bridgehead atoms. The lowest BCUT2D eigenvalue weighted by Crippen LogP contribution is -2.54. The number of carboxylic acids is 1. The average molecular weight is 278 g/mol. The molecule has 0 spiro atoms. The first kappa shape index (κ1) is 13.6. The van der Waals surface area contributed by atoms with E-state index in [0.717, 1.165) is 37.6 Å². The molecule has 110 valence electrons. The van der Waals surface area contributed by atoms with Gasteiger partial charge in [-0.1, -0.05) is 0 Å². The molecular formula is C15H22N2O3. The van der Waals surface area contributed by atoms with Crippen LogP contribution in [-0.2, 0) is 11.3 Å². The lowest BCUT2D eigenvalue weighted by Gasteiger charge is -2.42. The second kappa shape index (κ2) is 5.97. The molecule has 0 amide bonds. The van der Waals surface area contributed by atoms with Crippen LogP contribution in [0.25, 0.3) is 0 Å². The number of furan rings is 1. The Hall–Kier alpha value is -1.33. The number of nitrogens with one attached hydrogen (secondary N) is 1. The molecule has 3 rings (SSSR count). The van der Waals surface area contributed by atoms with Crippen LogP contribution in [-0.4, -0.2) is 41.1 Å². The maximum Gasteiger partial charge on any atom is 0.317 e. The largest absolute Gasteiger partial charge is 0.480 e. The lowest BCUT2D eigenvalue weighted by molar-refractivity contribution is -0.139. The molecule has 2 saturated carbocycles. The highest BCUT2D eigenvalue weighted by Crippen LogP contribution is 2.33. The minimum Gasteiger partial charge on any atom is -0.480 e. The molecule has 0 saturated heterocycles. The molecule has 20 heavy (non-hydrogen) atoms. The third-order valence-electron chi connectivity index (χ3n) is 4.30. The molecule has 2 fully saturated rings. The predicted octanol–water partition coefficient (Wildman–Crippen LogP) is 1.70. The fourth-order valence-electron chi connectivity index (χ4n) is 2.86. The van der Waals surface area contributed by atoms with Crippen LogP contribution < -0.4 is 5.32 Å². The van der Waals surface area contributed by atoms with Crippen molar-refractivity contribution in [1.82, 2.24) is 10.2 Å². The molecule has 5 nitrogen and oxygen atoms in total. The topological polar surface area (TPSA) is 65.7 Å². The number of nitrogens with zero attached hydrogens (tertiary/aromatic N) is 1. The quantitative estimate of drug-likeness (QED) is 0.757. The summed E-state index contributed by atoms with van der Waals surface area (Å²) in [5.41, 5.74) is 0. The van der Waals surface area contributed by atoms with Gasteiger partial charge in [0.2, 0.25) is 0 Å². The van der Waals surface area contributed by atoms with E-state index in [1.165, 1.54) is 12.8 Å². The first-order valence-electron chi connectivity index (χ1n) is 7.42. The summed E-state index contributed by atoms with van der Waals surface area (Å²) in [5, 5.41) is 12.5. The molecule has 5 heteroatoms. The highest BCUT2D eigenvalue weighted by molar-refractivity contribution is 5.69. The van der Waals surface area contributed by atoms with Crippen molar-refractivity contribution in [2.45, 2.75) is 44.3 Å². The van der Waals surface area contributed by atoms with E-state index in [0.29, 0.717) is 12.1 Å². The normalized spacial score (nSPS) is 25.6. The van der Waals surface area contributed by atoms with Crippen molar-refractivity contribution >= 4 is 5.97 Å². The van der Waals surface area contributed by atoms with Crippen molar-refractivity contribution in [2.24, 2.45) is 5.92 Å². The Morgan fingerprint density at radius 1 is 1.45 bits per heavy atom. The van der Waals surface area contributed by atoms with Crippen LogP contribution in [0.5, 0.6) is 0 Å². The Balaban J connectivity index is 1.41. The monoisotopic (exact) mass is 278 g/mol. The molecule has 2 N–H and O–H groups in total. The number of hydrogen-bond acceptors (Lipinski definition) is 4. The van der Waals surface area contributed by atoms with Gasteiger partial charge in [0.05, 0.1) is 19.4 Å². The van der Waals surface area contributed by atoms with Crippen LogP contribution in [0.4, 0.5) is 0 Å². The number of carbonyl (C=O) groups is 1. The SMILES string of the molecule is O=C(O)CN(CC1CC1)C1CC(NCc2ccco2)C1. The summed E-state index contributed by atoms with van der Waals surface area (Å²) in [6.45, 7) is 1.90. The van der Waals surface area contributed by atoms with Gasteiger partial charge >= 0.3 is 5.97 Å². The van der Waals surface area contributed by atoms with Crippen LogP contribution in [0.15, 0.2) is 22.8 Å². The van der Waals surface area contributed by atoms with Crippen LogP contribution >= 0.6 is 0 Å². The lowest BCUT2D eigenvalue weighted by atomic mass is 9.85. The van der Waals surface area contributed by atoms with Crippen LogP contribution in [0.2, 0.25) is 0 Å². The Labute approximate surface area is 118 Å². The van der Waals surface area contributed by atoms with Gasteiger partial charge in [0.25, 0.3) is 0 Å². The number of hydrogen-bond donors (Lipinski definition) is 2. The molecule has 1 aromatic heterocycles. The Morgan fingerprint density at radius 3 is 2.85 bits per heavy atom. The van der Waals surface area contributed by atoms with Crippen molar-refractivity contribution < 1.29 is 14.3 Å². The highest BCUT2D eigenvalue weighted by Gasteiger charge is 2.36. The zero-order chi connectivity index (χ0) is 13.9. The van der Waals surface area contributed by atoms with Gasteiger partial charge in [0.15, 0.2) is 0 Å². The van der Waals surface area contributed by atoms with E-state index in [9.17, 15) is 4.79 Å². The Kier molecular flexibility index (Phi) is 4.08. The fourth-order valence-corrected chi connectivity index (χ4v) is 2.86. The summed E-state index contributed by atoms with van der Waals surface area (Å²) in [7, 11) is 0. The minimum atomic E-state index is -0.711. The average Bonchev–Trinajstić information content (AvgIpc) is 3.00. The van der Waals surface area contributed by atoms with Crippen molar-refractivity contribution in [3.63, 3.8) is 0 Å². The summed E-state index contributed by atoms with van der Waals surface area (Å²) in [6.07, 6.45) is 6.30. The second-order valence-corrected chi connectivity index (χ2v) is 6.05. The zero-order valence-electron chi connectivity index (χ0n) is 11.6. The van der Waals surface area contributed by atoms with Gasteiger partial charge in [-0.2, -0.15) is 0 Å². The molecule has 0 radical (unpaired) electrons. The van der Waals surface area contributed by atoms with E-state index >= 15 is 0 Å². The van der Waals surface area contributed by atoms with Crippen LogP contribution in [0.1, 0.15) is 31.4 Å². The molecule has 0 atom stereocenters. The van der Waals surface area contributed by atoms with Gasteiger partial charge < -0.3 is 14.8 Å². The first-order chi connectivity index (χ1) is 9.70. The molecule has 1 aromatic rings. The third-order valence-corrected chi connectivity index (χ3v) is 4.30. The predicted molar refractivity (Wildman–Crippen MR) is 74.3 cm³/mol. The van der Waals surface area contributed by atoms with Crippen LogP contribution in [0, 0.1) is 5.92 Å². The Bertz CT molecular complexity index is 436. The van der Waals surface area contributed by atoms with Crippen molar-refractivity contribution in [3.05, 3.63) is 24.2 Å². The van der Waals surface area contributed by atoms with Gasteiger partial charge in [0.1, 0.15) is 5.76 Å². The van der Waals surface area contributed by atoms with E-state index in [1.54, 1.807) is 6.26 Å². The van der Waals surface area contributed by atoms with E-state index in [1.807, 2.05) is 12.1 Å². The van der Waals surface area contributed by atoms with Gasteiger partial charge in [-0.05, 0) is 43.7 Å². The fraction of sp³-hybridized carbons (Fsp3) is 0.667. The highest BCUT2D eigenvalue weighted by atomic mass is 16.4. The summed E-state index contributed by atoms with van der Waals surface area (Å²) in [6, 6.07) is 4.78. The molecule has 1 heterocycles. The molecule has 2 aliphatic carbocycles. The maximum absolute atomic E-state index is 10.9. The zero-order valence-corrected chi connectivity index (χ0v) is 11.6. The second-order valence-electron chi connectivity index (χ2n) is 6.05.